The van der Waals surface area contributed by atoms with Crippen molar-refractivity contribution in [2.24, 2.45) is 0 Å². The number of aromatic nitrogens is 2. The average Bonchev–Trinajstić information content (AvgIpc) is 2.49. The maximum Gasteiger partial charge on any atom is 0.115 e. The van der Waals surface area contributed by atoms with Crippen LogP contribution in [-0.2, 0) is 6.54 Å². The fourth-order valence-corrected chi connectivity index (χ4v) is 2.38. The van der Waals surface area contributed by atoms with Gasteiger partial charge in [0.05, 0.1) is 5.69 Å². The Labute approximate surface area is 124 Å². The summed E-state index contributed by atoms with van der Waals surface area (Å²) >= 11 is 0. The number of rotatable bonds is 13. The molecular formula is C17H31N3. The molecule has 0 aromatic carbocycles. The predicted molar refractivity (Wildman–Crippen MR) is 85.6 cm³/mol. The maximum absolute atomic E-state index is 4.19. The van der Waals surface area contributed by atoms with Gasteiger partial charge in [0.1, 0.15) is 6.33 Å². The van der Waals surface area contributed by atoms with Crippen molar-refractivity contribution in [3.05, 3.63) is 24.3 Å². The molecule has 20 heavy (non-hydrogen) atoms. The summed E-state index contributed by atoms with van der Waals surface area (Å²) in [6, 6.07) is 1.96. The zero-order chi connectivity index (χ0) is 14.3. The molecule has 1 N–H and O–H groups in total. The molecule has 3 nitrogen and oxygen atoms in total. The third-order valence-electron chi connectivity index (χ3n) is 3.66. The zero-order valence-electron chi connectivity index (χ0n) is 13.1. The number of nitrogens with one attached hydrogen (secondary N) is 1. The molecule has 0 aliphatic heterocycles. The molecule has 1 aromatic heterocycles. The molecule has 1 rings (SSSR count). The topological polar surface area (TPSA) is 37.8 Å². The second kappa shape index (κ2) is 13.0. The van der Waals surface area contributed by atoms with Gasteiger partial charge in [0.15, 0.2) is 0 Å². The van der Waals surface area contributed by atoms with Crippen molar-refractivity contribution < 1.29 is 0 Å². The summed E-state index contributed by atoms with van der Waals surface area (Å²) in [4.78, 5) is 8.11. The van der Waals surface area contributed by atoms with Gasteiger partial charge in [-0.1, -0.05) is 64.7 Å². The number of hydrogen-bond acceptors (Lipinski definition) is 3. The highest BCUT2D eigenvalue weighted by atomic mass is 14.9. The molecule has 0 spiro atoms. The molecule has 0 unspecified atom stereocenters. The number of hydrogen-bond donors (Lipinski definition) is 1. The lowest BCUT2D eigenvalue weighted by Gasteiger charge is -2.04. The lowest BCUT2D eigenvalue weighted by Crippen LogP contribution is -2.15. The summed E-state index contributed by atoms with van der Waals surface area (Å²) in [5, 5.41) is 3.44. The first-order chi connectivity index (χ1) is 9.93. The van der Waals surface area contributed by atoms with E-state index in [0.717, 1.165) is 18.8 Å². The van der Waals surface area contributed by atoms with Gasteiger partial charge in [-0.25, -0.2) is 9.97 Å². The molecule has 0 bridgehead atoms. The zero-order valence-corrected chi connectivity index (χ0v) is 13.1. The summed E-state index contributed by atoms with van der Waals surface area (Å²) in [7, 11) is 0. The van der Waals surface area contributed by atoms with Crippen LogP contribution in [-0.4, -0.2) is 16.5 Å². The Hall–Kier alpha value is -0.960. The van der Waals surface area contributed by atoms with Crippen LogP contribution >= 0.6 is 0 Å². The van der Waals surface area contributed by atoms with Crippen LogP contribution in [0, 0.1) is 0 Å². The largest absolute Gasteiger partial charge is 0.311 e. The fourth-order valence-electron chi connectivity index (χ4n) is 2.38. The van der Waals surface area contributed by atoms with Crippen LogP contribution in [0.25, 0.3) is 0 Å². The quantitative estimate of drug-likeness (QED) is 0.540. The summed E-state index contributed by atoms with van der Waals surface area (Å²) < 4.78 is 0. The van der Waals surface area contributed by atoms with Gasteiger partial charge in [-0.05, 0) is 19.0 Å². The van der Waals surface area contributed by atoms with E-state index in [4.69, 9.17) is 0 Å². The molecule has 1 heterocycles. The number of unbranched alkanes of at least 4 members (excludes halogenated alkanes) is 9. The van der Waals surface area contributed by atoms with Gasteiger partial charge in [0, 0.05) is 12.7 Å². The molecule has 0 radical (unpaired) electrons. The summed E-state index contributed by atoms with van der Waals surface area (Å²) in [5.41, 5.74) is 1.08. The minimum absolute atomic E-state index is 0.861. The first-order valence-corrected chi connectivity index (χ1v) is 8.39. The van der Waals surface area contributed by atoms with Crippen LogP contribution in [0.3, 0.4) is 0 Å². The molecule has 0 amide bonds. The average molecular weight is 277 g/mol. The Morgan fingerprint density at radius 1 is 0.900 bits per heavy atom. The molecule has 1 aromatic rings. The molecule has 0 fully saturated rings. The van der Waals surface area contributed by atoms with Crippen LogP contribution < -0.4 is 5.32 Å². The van der Waals surface area contributed by atoms with Crippen molar-refractivity contribution in [2.75, 3.05) is 6.54 Å². The third kappa shape index (κ3) is 9.90. The maximum atomic E-state index is 4.19. The van der Waals surface area contributed by atoms with E-state index in [1.807, 2.05) is 6.07 Å². The van der Waals surface area contributed by atoms with Crippen LogP contribution in [0.15, 0.2) is 18.6 Å². The molecule has 114 valence electrons. The van der Waals surface area contributed by atoms with E-state index in [2.05, 4.69) is 22.2 Å². The van der Waals surface area contributed by atoms with E-state index in [1.165, 1.54) is 64.2 Å². The molecule has 0 saturated carbocycles. The van der Waals surface area contributed by atoms with Crippen LogP contribution in [0.5, 0.6) is 0 Å². The molecule has 0 atom stereocenters. The second-order valence-electron chi connectivity index (χ2n) is 5.56. The minimum atomic E-state index is 0.861. The Bertz CT molecular complexity index is 300. The Morgan fingerprint density at radius 2 is 1.55 bits per heavy atom. The number of nitrogens with zero attached hydrogens (tertiary/aromatic N) is 2. The fraction of sp³-hybridized carbons (Fsp3) is 0.765. The first-order valence-electron chi connectivity index (χ1n) is 8.39. The van der Waals surface area contributed by atoms with Gasteiger partial charge < -0.3 is 5.32 Å². The van der Waals surface area contributed by atoms with Crippen molar-refractivity contribution in [2.45, 2.75) is 77.7 Å². The van der Waals surface area contributed by atoms with Crippen molar-refractivity contribution >= 4 is 0 Å². The van der Waals surface area contributed by atoms with Crippen LogP contribution in [0.2, 0.25) is 0 Å². The van der Waals surface area contributed by atoms with Crippen molar-refractivity contribution in [1.82, 2.24) is 15.3 Å². The summed E-state index contributed by atoms with van der Waals surface area (Å²) in [6.07, 6.45) is 17.3. The van der Waals surface area contributed by atoms with Gasteiger partial charge in [-0.2, -0.15) is 0 Å². The Balaban J connectivity index is 1.77. The van der Waals surface area contributed by atoms with Crippen LogP contribution in [0.1, 0.15) is 76.8 Å². The summed E-state index contributed by atoms with van der Waals surface area (Å²) in [5.74, 6) is 0. The standard InChI is InChI=1S/C17H31N3/c1-2-3-4-5-6-7-8-9-10-11-13-18-15-17-12-14-19-16-20-17/h12,14,16,18H,2-11,13,15H2,1H3. The van der Waals surface area contributed by atoms with E-state index >= 15 is 0 Å². The van der Waals surface area contributed by atoms with Gasteiger partial charge in [0.2, 0.25) is 0 Å². The first kappa shape index (κ1) is 17.1. The molecule has 0 saturated heterocycles. The highest BCUT2D eigenvalue weighted by Gasteiger charge is 1.94. The van der Waals surface area contributed by atoms with Gasteiger partial charge in [0.25, 0.3) is 0 Å². The molecule has 0 aliphatic carbocycles. The van der Waals surface area contributed by atoms with E-state index in [0.29, 0.717) is 0 Å². The Morgan fingerprint density at radius 3 is 2.15 bits per heavy atom. The van der Waals surface area contributed by atoms with E-state index in [-0.39, 0.29) is 0 Å². The SMILES string of the molecule is CCCCCCCCCCCCNCc1ccncn1. The third-order valence-corrected chi connectivity index (χ3v) is 3.66. The lowest BCUT2D eigenvalue weighted by molar-refractivity contribution is 0.542. The monoisotopic (exact) mass is 277 g/mol. The molecule has 0 aliphatic rings. The second-order valence-corrected chi connectivity index (χ2v) is 5.56. The highest BCUT2D eigenvalue weighted by Crippen LogP contribution is 2.10. The van der Waals surface area contributed by atoms with Gasteiger partial charge in [-0.15, -0.1) is 0 Å². The molecule has 3 heteroatoms. The van der Waals surface area contributed by atoms with Crippen molar-refractivity contribution in [3.63, 3.8) is 0 Å². The van der Waals surface area contributed by atoms with Gasteiger partial charge in [-0.3, -0.25) is 0 Å². The van der Waals surface area contributed by atoms with Crippen LogP contribution in [0.4, 0.5) is 0 Å². The lowest BCUT2D eigenvalue weighted by atomic mass is 10.1. The van der Waals surface area contributed by atoms with Crippen molar-refractivity contribution in [1.29, 1.82) is 0 Å². The highest BCUT2D eigenvalue weighted by molar-refractivity contribution is 4.96. The predicted octanol–water partition coefficient (Wildman–Crippen LogP) is 4.49. The van der Waals surface area contributed by atoms with Gasteiger partial charge >= 0.3 is 0 Å². The van der Waals surface area contributed by atoms with E-state index in [9.17, 15) is 0 Å². The van der Waals surface area contributed by atoms with E-state index < -0.39 is 0 Å². The van der Waals surface area contributed by atoms with E-state index in [1.54, 1.807) is 12.5 Å². The summed E-state index contributed by atoms with van der Waals surface area (Å²) in [6.45, 7) is 4.24. The van der Waals surface area contributed by atoms with Crippen molar-refractivity contribution in [3.8, 4) is 0 Å². The Kier molecular flexibility index (Phi) is 11.1. The normalized spacial score (nSPS) is 10.8. The smallest absolute Gasteiger partial charge is 0.115 e. The minimum Gasteiger partial charge on any atom is -0.311 e. The molecular weight excluding hydrogens is 246 g/mol.